The summed E-state index contributed by atoms with van der Waals surface area (Å²) < 4.78 is 0. The van der Waals surface area contributed by atoms with Gasteiger partial charge >= 0.3 is 0 Å². The Bertz CT molecular complexity index is 969. The molecule has 4 bridgehead atoms. The van der Waals surface area contributed by atoms with E-state index in [0.717, 1.165) is 44.7 Å². The summed E-state index contributed by atoms with van der Waals surface area (Å²) in [5, 5.41) is 3.59. The minimum absolute atomic E-state index is 0.321. The highest BCUT2D eigenvalue weighted by Crippen LogP contribution is 2.31. The summed E-state index contributed by atoms with van der Waals surface area (Å²) in [5.41, 5.74) is 2.86. The molecule has 1 N–H and O–H groups in total. The van der Waals surface area contributed by atoms with Gasteiger partial charge in [-0.2, -0.15) is 0 Å². The lowest BCUT2D eigenvalue weighted by Crippen LogP contribution is -2.48. The largest absolute Gasteiger partial charge is 0.341 e. The second kappa shape index (κ2) is 13.7. The van der Waals surface area contributed by atoms with Gasteiger partial charge in [-0.1, -0.05) is 80.4 Å². The van der Waals surface area contributed by atoms with Gasteiger partial charge in [0.25, 0.3) is 0 Å². The smallest absolute Gasteiger partial charge is 0.222 e. The van der Waals surface area contributed by atoms with Gasteiger partial charge in [0.15, 0.2) is 0 Å². The van der Waals surface area contributed by atoms with Gasteiger partial charge in [-0.15, -0.1) is 0 Å². The molecule has 4 fully saturated rings. The van der Waals surface area contributed by atoms with Crippen molar-refractivity contribution in [3.05, 3.63) is 71.8 Å². The molecule has 2 aromatic rings. The summed E-state index contributed by atoms with van der Waals surface area (Å²) in [6, 6.07) is 24.4. The molecule has 206 valence electrons. The summed E-state index contributed by atoms with van der Waals surface area (Å²) in [5.74, 6) is 0.321. The number of nitrogens with zero attached hydrogens (tertiary/aromatic N) is 3. The molecule has 1 amide bonds. The Hall–Kier alpha value is -2.21. The van der Waals surface area contributed by atoms with Gasteiger partial charge in [-0.3, -0.25) is 14.6 Å². The average Bonchev–Trinajstić information content (AvgIpc) is 3.11. The third kappa shape index (κ3) is 7.05. The number of rotatable bonds is 5. The second-order valence-corrected chi connectivity index (χ2v) is 11.8. The summed E-state index contributed by atoms with van der Waals surface area (Å²) in [6.45, 7) is 8.40. The van der Waals surface area contributed by atoms with E-state index in [9.17, 15) is 4.79 Å². The van der Waals surface area contributed by atoms with Crippen molar-refractivity contribution in [3.63, 3.8) is 0 Å². The highest BCUT2D eigenvalue weighted by molar-refractivity contribution is 5.75. The van der Waals surface area contributed by atoms with Crippen LogP contribution in [-0.4, -0.2) is 71.0 Å². The summed E-state index contributed by atoms with van der Waals surface area (Å²) >= 11 is 0. The number of carbonyl (C=O) groups is 1. The molecule has 0 aliphatic carbocycles. The van der Waals surface area contributed by atoms with E-state index in [1.807, 2.05) is 6.92 Å². The lowest BCUT2D eigenvalue weighted by atomic mass is 9.94. The molecule has 4 aliphatic heterocycles. The van der Waals surface area contributed by atoms with Crippen molar-refractivity contribution in [1.29, 1.82) is 0 Å². The molecule has 0 spiro atoms. The first-order valence-corrected chi connectivity index (χ1v) is 15.3. The maximum absolute atomic E-state index is 12.1. The van der Waals surface area contributed by atoms with E-state index in [0.29, 0.717) is 24.4 Å². The monoisotopic (exact) mass is 516 g/mol. The normalized spacial score (nSPS) is 28.0. The number of fused-ring (bicyclic) bond motifs is 4. The zero-order chi connectivity index (χ0) is 26.2. The fourth-order valence-electron chi connectivity index (χ4n) is 7.22. The van der Waals surface area contributed by atoms with Crippen molar-refractivity contribution in [3.8, 4) is 0 Å². The number of piperidine rings is 2. The van der Waals surface area contributed by atoms with Crippen molar-refractivity contribution >= 4 is 5.91 Å². The molecule has 6 rings (SSSR count). The summed E-state index contributed by atoms with van der Waals surface area (Å²) in [7, 11) is 0. The topological polar surface area (TPSA) is 38.8 Å². The molecular weight excluding hydrogens is 468 g/mol. The Morgan fingerprint density at radius 3 is 1.92 bits per heavy atom. The first kappa shape index (κ1) is 27.4. The van der Waals surface area contributed by atoms with Crippen LogP contribution in [0.2, 0.25) is 0 Å². The van der Waals surface area contributed by atoms with Gasteiger partial charge < -0.3 is 10.2 Å². The van der Waals surface area contributed by atoms with E-state index in [4.69, 9.17) is 0 Å². The predicted molar refractivity (Wildman–Crippen MR) is 156 cm³/mol. The van der Waals surface area contributed by atoms with Crippen molar-refractivity contribution in [1.82, 2.24) is 20.0 Å². The van der Waals surface area contributed by atoms with Gasteiger partial charge in [0.2, 0.25) is 5.91 Å². The third-order valence-corrected chi connectivity index (χ3v) is 9.29. The Morgan fingerprint density at radius 1 is 0.737 bits per heavy atom. The number of benzene rings is 2. The standard InChI is InChI=1S/C18H26N2O.C15H22N2/c1-2-18(21)19-12-11-16-9-6-10-17(14-19)20(16)13-15-7-4-3-5-8-15;1-2-5-13(6-3-1)12-17-14-7-4-8-15(17)11-16-10-9-14/h3-5,7-8,16-17H,2,6,9-14H2,1H3;1-3,5-6,14-16H,4,7-12H2. The predicted octanol–water partition coefficient (Wildman–Crippen LogP) is 5.46. The SMILES string of the molecule is CCC(=O)N1CCC2CCCC(C1)N2Cc1ccccc1.c1ccc(CN2C3CCCC2CNCC3)cc1. The van der Waals surface area contributed by atoms with Crippen LogP contribution in [0.4, 0.5) is 0 Å². The van der Waals surface area contributed by atoms with Gasteiger partial charge in [-0.25, -0.2) is 0 Å². The fraction of sp³-hybridized carbons (Fsp3) is 0.606. The van der Waals surface area contributed by atoms with Crippen LogP contribution in [0.3, 0.4) is 0 Å². The molecular formula is C33H48N4O. The number of carbonyl (C=O) groups excluding carboxylic acids is 1. The molecule has 5 heteroatoms. The van der Waals surface area contributed by atoms with Crippen molar-refractivity contribution in [2.45, 2.75) is 102 Å². The van der Waals surface area contributed by atoms with E-state index in [1.165, 1.54) is 69.2 Å². The molecule has 0 aromatic heterocycles. The Labute approximate surface area is 230 Å². The Morgan fingerprint density at radius 2 is 1.29 bits per heavy atom. The number of hydrogen-bond donors (Lipinski definition) is 1. The maximum Gasteiger partial charge on any atom is 0.222 e. The van der Waals surface area contributed by atoms with Gasteiger partial charge in [-0.05, 0) is 56.2 Å². The van der Waals surface area contributed by atoms with Crippen LogP contribution in [0, 0.1) is 0 Å². The second-order valence-electron chi connectivity index (χ2n) is 11.8. The summed E-state index contributed by atoms with van der Waals surface area (Å²) in [6.07, 6.45) is 11.1. The van der Waals surface area contributed by atoms with Gasteiger partial charge in [0.05, 0.1) is 0 Å². The lowest BCUT2D eigenvalue weighted by molar-refractivity contribution is -0.131. The highest BCUT2D eigenvalue weighted by atomic mass is 16.2. The molecule has 4 heterocycles. The first-order chi connectivity index (χ1) is 18.7. The first-order valence-electron chi connectivity index (χ1n) is 15.3. The van der Waals surface area contributed by atoms with E-state index in [2.05, 4.69) is 80.7 Å². The van der Waals surface area contributed by atoms with Crippen molar-refractivity contribution in [2.24, 2.45) is 0 Å². The van der Waals surface area contributed by atoms with Crippen LogP contribution in [0.15, 0.2) is 60.7 Å². The Balaban J connectivity index is 0.000000158. The van der Waals surface area contributed by atoms with E-state index < -0.39 is 0 Å². The highest BCUT2D eigenvalue weighted by Gasteiger charge is 2.35. The molecule has 38 heavy (non-hydrogen) atoms. The molecule has 2 aromatic carbocycles. The van der Waals surface area contributed by atoms with Crippen LogP contribution in [0.25, 0.3) is 0 Å². The molecule has 4 unspecified atom stereocenters. The van der Waals surface area contributed by atoms with Crippen LogP contribution < -0.4 is 5.32 Å². The number of nitrogens with one attached hydrogen (secondary N) is 1. The van der Waals surface area contributed by atoms with Gasteiger partial charge in [0.1, 0.15) is 0 Å². The average molecular weight is 517 g/mol. The minimum atomic E-state index is 0.321. The van der Waals surface area contributed by atoms with E-state index >= 15 is 0 Å². The van der Waals surface area contributed by atoms with Crippen LogP contribution in [0.1, 0.15) is 75.8 Å². The Kier molecular flexibility index (Phi) is 9.88. The molecule has 0 radical (unpaired) electrons. The van der Waals surface area contributed by atoms with E-state index in [1.54, 1.807) is 0 Å². The summed E-state index contributed by atoms with van der Waals surface area (Å²) in [4.78, 5) is 19.6. The quantitative estimate of drug-likeness (QED) is 0.573. The zero-order valence-corrected chi connectivity index (χ0v) is 23.4. The number of amides is 1. The lowest BCUT2D eigenvalue weighted by Gasteiger charge is -2.40. The number of hydrogen-bond acceptors (Lipinski definition) is 4. The van der Waals surface area contributed by atoms with Crippen LogP contribution in [-0.2, 0) is 17.9 Å². The van der Waals surface area contributed by atoms with Crippen molar-refractivity contribution in [2.75, 3.05) is 26.2 Å². The minimum Gasteiger partial charge on any atom is -0.341 e. The zero-order valence-electron chi connectivity index (χ0n) is 23.4. The van der Waals surface area contributed by atoms with Crippen molar-refractivity contribution < 1.29 is 4.79 Å². The molecule has 4 saturated heterocycles. The van der Waals surface area contributed by atoms with Crippen LogP contribution in [0.5, 0.6) is 0 Å². The fourth-order valence-corrected chi connectivity index (χ4v) is 7.22. The molecule has 5 nitrogen and oxygen atoms in total. The molecule has 0 saturated carbocycles. The molecule has 4 aliphatic rings. The third-order valence-electron chi connectivity index (χ3n) is 9.29. The van der Waals surface area contributed by atoms with E-state index in [-0.39, 0.29) is 0 Å². The van der Waals surface area contributed by atoms with Crippen LogP contribution >= 0.6 is 0 Å². The van der Waals surface area contributed by atoms with Gasteiger partial charge in [0, 0.05) is 63.3 Å². The molecule has 4 atom stereocenters. The maximum atomic E-state index is 12.1.